The molecule has 1 atom stereocenters. The lowest BCUT2D eigenvalue weighted by Gasteiger charge is -2.14. The van der Waals surface area contributed by atoms with Crippen LogP contribution < -0.4 is 14.8 Å². The summed E-state index contributed by atoms with van der Waals surface area (Å²) in [5.74, 6) is 0.339. The van der Waals surface area contributed by atoms with Gasteiger partial charge in [-0.25, -0.2) is 13.4 Å². The van der Waals surface area contributed by atoms with E-state index in [4.69, 9.17) is 4.74 Å². The zero-order chi connectivity index (χ0) is 22.4. The first-order chi connectivity index (χ1) is 14.8. The van der Waals surface area contributed by atoms with Crippen molar-refractivity contribution in [3.63, 3.8) is 0 Å². The Morgan fingerprint density at radius 2 is 1.74 bits per heavy atom. The predicted molar refractivity (Wildman–Crippen MR) is 120 cm³/mol. The number of nitrogens with one attached hydrogen (secondary N) is 2. The number of aromatic nitrogens is 1. The van der Waals surface area contributed by atoms with Crippen LogP contribution in [-0.2, 0) is 10.0 Å². The molecule has 0 saturated heterocycles. The van der Waals surface area contributed by atoms with E-state index in [1.807, 2.05) is 20.8 Å². The number of carbonyl (C=O) groups excluding carboxylic acids is 1. The third kappa shape index (κ3) is 5.82. The second-order valence-corrected chi connectivity index (χ2v) is 8.87. The number of anilines is 1. The van der Waals surface area contributed by atoms with Gasteiger partial charge in [0.2, 0.25) is 5.88 Å². The first-order valence-corrected chi connectivity index (χ1v) is 11.4. The number of nitrogens with zero attached hydrogens (tertiary/aromatic N) is 1. The highest BCUT2D eigenvalue weighted by Crippen LogP contribution is 2.25. The second-order valence-electron chi connectivity index (χ2n) is 7.18. The molecule has 3 rings (SSSR count). The predicted octanol–water partition coefficient (Wildman–Crippen LogP) is 4.51. The van der Waals surface area contributed by atoms with E-state index < -0.39 is 10.0 Å². The Hall–Kier alpha value is -3.39. The van der Waals surface area contributed by atoms with Crippen LogP contribution in [0.15, 0.2) is 71.8 Å². The van der Waals surface area contributed by atoms with Gasteiger partial charge in [-0.2, -0.15) is 0 Å². The molecule has 1 unspecified atom stereocenters. The fraction of sp³-hybridized carbons (Fsp3) is 0.217. The van der Waals surface area contributed by atoms with E-state index in [0.717, 1.165) is 12.0 Å². The van der Waals surface area contributed by atoms with Gasteiger partial charge in [0.1, 0.15) is 11.3 Å². The monoisotopic (exact) mass is 439 g/mol. The number of sulfonamides is 1. The summed E-state index contributed by atoms with van der Waals surface area (Å²) in [6.07, 6.45) is 2.35. The Kier molecular flexibility index (Phi) is 6.91. The summed E-state index contributed by atoms with van der Waals surface area (Å²) in [4.78, 5) is 16.8. The smallest absolute Gasteiger partial charge is 0.261 e. The topological polar surface area (TPSA) is 97.4 Å². The summed E-state index contributed by atoms with van der Waals surface area (Å²) in [7, 11) is -3.69. The Bertz CT molecular complexity index is 1140. The van der Waals surface area contributed by atoms with Crippen LogP contribution in [0.1, 0.15) is 36.2 Å². The fourth-order valence-corrected chi connectivity index (χ4v) is 3.74. The summed E-state index contributed by atoms with van der Waals surface area (Å²) < 4.78 is 33.4. The average molecular weight is 440 g/mol. The van der Waals surface area contributed by atoms with Crippen LogP contribution in [0, 0.1) is 6.92 Å². The van der Waals surface area contributed by atoms with Crippen molar-refractivity contribution in [1.29, 1.82) is 0 Å². The average Bonchev–Trinajstić information content (AvgIpc) is 2.75. The van der Waals surface area contributed by atoms with Gasteiger partial charge in [-0.1, -0.05) is 24.6 Å². The van der Waals surface area contributed by atoms with E-state index in [1.54, 1.807) is 66.9 Å². The van der Waals surface area contributed by atoms with Gasteiger partial charge in [-0.15, -0.1) is 0 Å². The molecule has 7 nitrogen and oxygen atoms in total. The van der Waals surface area contributed by atoms with Gasteiger partial charge < -0.3 is 10.1 Å². The highest BCUT2D eigenvalue weighted by molar-refractivity contribution is 7.92. The molecule has 162 valence electrons. The van der Waals surface area contributed by atoms with Crippen molar-refractivity contribution in [2.75, 3.05) is 4.72 Å². The summed E-state index contributed by atoms with van der Waals surface area (Å²) >= 11 is 0. The lowest BCUT2D eigenvalue weighted by Crippen LogP contribution is -2.32. The third-order valence-electron chi connectivity index (χ3n) is 4.66. The van der Waals surface area contributed by atoms with Crippen LogP contribution in [0.25, 0.3) is 0 Å². The van der Waals surface area contributed by atoms with E-state index in [-0.39, 0.29) is 22.7 Å². The maximum atomic E-state index is 12.5. The van der Waals surface area contributed by atoms with Gasteiger partial charge in [0.15, 0.2) is 0 Å². The molecule has 31 heavy (non-hydrogen) atoms. The number of hydrogen-bond acceptors (Lipinski definition) is 5. The van der Waals surface area contributed by atoms with Crippen molar-refractivity contribution < 1.29 is 17.9 Å². The normalized spacial score (nSPS) is 12.1. The number of carbonyl (C=O) groups is 1. The molecule has 0 bridgehead atoms. The Morgan fingerprint density at radius 3 is 2.39 bits per heavy atom. The molecule has 1 heterocycles. The standard InChI is InChI=1S/C23H25N3O4S/c1-4-17(3)25-22(27)21-6-5-15-24-23(21)30-19-11-9-18(10-12-19)26-31(28,29)20-13-7-16(2)8-14-20/h5-15,17,26H,4H2,1-3H3,(H,25,27). The minimum Gasteiger partial charge on any atom is -0.438 e. The molecular formula is C23H25N3O4S. The molecular weight excluding hydrogens is 414 g/mol. The highest BCUT2D eigenvalue weighted by Gasteiger charge is 2.17. The van der Waals surface area contributed by atoms with Crippen molar-refractivity contribution in [3.8, 4) is 11.6 Å². The fourth-order valence-electron chi connectivity index (χ4n) is 2.68. The second kappa shape index (κ2) is 9.61. The molecule has 2 aromatic carbocycles. The van der Waals surface area contributed by atoms with Gasteiger partial charge in [0.25, 0.3) is 15.9 Å². The van der Waals surface area contributed by atoms with Crippen molar-refractivity contribution in [2.24, 2.45) is 0 Å². The molecule has 0 spiro atoms. The lowest BCUT2D eigenvalue weighted by atomic mass is 10.2. The molecule has 1 aromatic heterocycles. The number of aryl methyl sites for hydroxylation is 1. The maximum absolute atomic E-state index is 12.5. The van der Waals surface area contributed by atoms with Crippen LogP contribution in [0.4, 0.5) is 5.69 Å². The minimum atomic E-state index is -3.69. The highest BCUT2D eigenvalue weighted by atomic mass is 32.2. The van der Waals surface area contributed by atoms with E-state index in [0.29, 0.717) is 17.0 Å². The molecule has 0 aliphatic rings. The number of amides is 1. The largest absolute Gasteiger partial charge is 0.438 e. The first kappa shape index (κ1) is 22.3. The van der Waals surface area contributed by atoms with Crippen LogP contribution in [-0.4, -0.2) is 25.4 Å². The number of ether oxygens (including phenoxy) is 1. The van der Waals surface area contributed by atoms with Gasteiger partial charge in [0.05, 0.1) is 4.90 Å². The van der Waals surface area contributed by atoms with E-state index in [9.17, 15) is 13.2 Å². The SMILES string of the molecule is CCC(C)NC(=O)c1cccnc1Oc1ccc(NS(=O)(=O)c2ccc(C)cc2)cc1. The molecule has 1 amide bonds. The quantitative estimate of drug-likeness (QED) is 0.538. The number of benzene rings is 2. The molecule has 0 aliphatic heterocycles. The number of rotatable bonds is 8. The van der Waals surface area contributed by atoms with Gasteiger partial charge in [-0.05, 0) is 68.8 Å². The molecule has 0 aliphatic carbocycles. The summed E-state index contributed by atoms with van der Waals surface area (Å²) in [6, 6.07) is 16.3. The van der Waals surface area contributed by atoms with E-state index >= 15 is 0 Å². The van der Waals surface area contributed by atoms with Crippen molar-refractivity contribution in [3.05, 3.63) is 78.0 Å². The zero-order valence-corrected chi connectivity index (χ0v) is 18.4. The summed E-state index contributed by atoms with van der Waals surface area (Å²) in [5, 5.41) is 2.89. The molecule has 8 heteroatoms. The molecule has 0 saturated carbocycles. The van der Waals surface area contributed by atoms with Gasteiger partial charge >= 0.3 is 0 Å². The molecule has 3 aromatic rings. The van der Waals surface area contributed by atoms with Crippen LogP contribution in [0.2, 0.25) is 0 Å². The molecule has 0 radical (unpaired) electrons. The number of pyridine rings is 1. The van der Waals surface area contributed by atoms with Crippen molar-refractivity contribution >= 4 is 21.6 Å². The van der Waals surface area contributed by atoms with Gasteiger partial charge in [-0.3, -0.25) is 9.52 Å². The minimum absolute atomic E-state index is 0.0291. The van der Waals surface area contributed by atoms with Crippen molar-refractivity contribution in [2.45, 2.75) is 38.1 Å². The van der Waals surface area contributed by atoms with Gasteiger partial charge in [0, 0.05) is 17.9 Å². The summed E-state index contributed by atoms with van der Waals surface area (Å²) in [5.41, 5.74) is 1.70. The van der Waals surface area contributed by atoms with E-state index in [2.05, 4.69) is 15.0 Å². The number of hydrogen-bond donors (Lipinski definition) is 2. The van der Waals surface area contributed by atoms with Crippen molar-refractivity contribution in [1.82, 2.24) is 10.3 Å². The summed E-state index contributed by atoms with van der Waals surface area (Å²) in [6.45, 7) is 5.80. The molecule has 2 N–H and O–H groups in total. The first-order valence-electron chi connectivity index (χ1n) is 9.92. The molecule has 0 fully saturated rings. The van der Waals surface area contributed by atoms with Crippen LogP contribution in [0.5, 0.6) is 11.6 Å². The third-order valence-corrected chi connectivity index (χ3v) is 6.06. The Balaban J connectivity index is 1.73. The van der Waals surface area contributed by atoms with Crippen LogP contribution in [0.3, 0.4) is 0 Å². The van der Waals surface area contributed by atoms with E-state index in [1.165, 1.54) is 0 Å². The van der Waals surface area contributed by atoms with Crippen LogP contribution >= 0.6 is 0 Å². The zero-order valence-electron chi connectivity index (χ0n) is 17.6. The Morgan fingerprint density at radius 1 is 1.06 bits per heavy atom. The maximum Gasteiger partial charge on any atom is 0.261 e. The lowest BCUT2D eigenvalue weighted by molar-refractivity contribution is 0.0936. The Labute approximate surface area is 182 Å².